The number of nitrogens with one attached hydrogen (secondary N) is 1. The Kier molecular flexibility index (Phi) is 3.65. The first kappa shape index (κ1) is 13.5. The summed E-state index contributed by atoms with van der Waals surface area (Å²) in [6.45, 7) is 1.12. The smallest absolute Gasteiger partial charge is 0.0358 e. The molecule has 3 aromatic rings. The van der Waals surface area contributed by atoms with Crippen LogP contribution in [0, 0.1) is 5.92 Å². The van der Waals surface area contributed by atoms with Crippen LogP contribution in [0.5, 0.6) is 0 Å². The Morgan fingerprint density at radius 3 is 2.50 bits per heavy atom. The number of fused-ring (bicyclic) bond motifs is 1. The Bertz CT molecular complexity index is 758. The number of hydrogen-bond acceptors (Lipinski definition) is 1. The van der Waals surface area contributed by atoms with Gasteiger partial charge in [0, 0.05) is 6.04 Å². The van der Waals surface area contributed by atoms with Gasteiger partial charge in [0.1, 0.15) is 0 Å². The van der Waals surface area contributed by atoms with E-state index in [0.717, 1.165) is 13.0 Å². The molecule has 4 rings (SSSR count). The predicted molar refractivity (Wildman–Crippen MR) is 92.9 cm³/mol. The third kappa shape index (κ3) is 2.53. The van der Waals surface area contributed by atoms with E-state index in [9.17, 15) is 0 Å². The molecule has 2 unspecified atom stereocenters. The van der Waals surface area contributed by atoms with E-state index in [4.69, 9.17) is 0 Å². The molecule has 0 aliphatic carbocycles. The van der Waals surface area contributed by atoms with E-state index in [2.05, 4.69) is 78.1 Å². The molecule has 0 radical (unpaired) electrons. The van der Waals surface area contributed by atoms with Crippen molar-refractivity contribution >= 4 is 10.8 Å². The lowest BCUT2D eigenvalue weighted by molar-refractivity contribution is 0.463. The zero-order valence-corrected chi connectivity index (χ0v) is 12.7. The van der Waals surface area contributed by atoms with Crippen molar-refractivity contribution in [3.8, 4) is 0 Å². The van der Waals surface area contributed by atoms with Gasteiger partial charge in [-0.2, -0.15) is 0 Å². The van der Waals surface area contributed by atoms with Crippen molar-refractivity contribution in [3.63, 3.8) is 0 Å². The Morgan fingerprint density at radius 1 is 0.818 bits per heavy atom. The van der Waals surface area contributed by atoms with Crippen molar-refractivity contribution in [3.05, 3.63) is 83.9 Å². The van der Waals surface area contributed by atoms with Crippen LogP contribution in [-0.2, 0) is 6.42 Å². The fraction of sp³-hybridized carbons (Fsp3) is 0.238. The summed E-state index contributed by atoms with van der Waals surface area (Å²) in [7, 11) is 0. The van der Waals surface area contributed by atoms with Crippen molar-refractivity contribution in [1.82, 2.24) is 5.32 Å². The normalized spacial score (nSPS) is 21.3. The monoisotopic (exact) mass is 287 g/mol. The van der Waals surface area contributed by atoms with Crippen LogP contribution in [0.1, 0.15) is 23.6 Å². The second-order valence-electron chi connectivity index (χ2n) is 6.24. The minimum atomic E-state index is 0.464. The summed E-state index contributed by atoms with van der Waals surface area (Å²) in [6.07, 6.45) is 2.41. The summed E-state index contributed by atoms with van der Waals surface area (Å²) >= 11 is 0. The summed E-state index contributed by atoms with van der Waals surface area (Å²) < 4.78 is 0. The average molecular weight is 287 g/mol. The second kappa shape index (κ2) is 5.94. The minimum Gasteiger partial charge on any atom is -0.310 e. The maximum Gasteiger partial charge on any atom is 0.0358 e. The lowest BCUT2D eigenvalue weighted by Gasteiger charge is -2.22. The highest BCUT2D eigenvalue weighted by atomic mass is 15.0. The molecule has 1 heteroatoms. The SMILES string of the molecule is c1ccc(CC2CCNC2c2cccc3ccccc23)cc1. The first-order valence-electron chi connectivity index (χ1n) is 8.17. The van der Waals surface area contributed by atoms with Crippen molar-refractivity contribution in [1.29, 1.82) is 0 Å². The molecule has 1 saturated heterocycles. The lowest BCUT2D eigenvalue weighted by Crippen LogP contribution is -2.19. The van der Waals surface area contributed by atoms with Crippen LogP contribution in [0.4, 0.5) is 0 Å². The molecule has 22 heavy (non-hydrogen) atoms. The minimum absolute atomic E-state index is 0.464. The summed E-state index contributed by atoms with van der Waals surface area (Å²) in [5, 5.41) is 6.47. The van der Waals surface area contributed by atoms with Crippen molar-refractivity contribution in [2.45, 2.75) is 18.9 Å². The summed E-state index contributed by atoms with van der Waals surface area (Å²) in [5.41, 5.74) is 2.90. The molecule has 0 bridgehead atoms. The van der Waals surface area contributed by atoms with Gasteiger partial charge in [0.25, 0.3) is 0 Å². The molecule has 0 spiro atoms. The van der Waals surface area contributed by atoms with Gasteiger partial charge in [-0.15, -0.1) is 0 Å². The van der Waals surface area contributed by atoms with Crippen molar-refractivity contribution in [2.24, 2.45) is 5.92 Å². The number of rotatable bonds is 3. The molecule has 1 nitrogen and oxygen atoms in total. The molecule has 110 valence electrons. The predicted octanol–water partition coefficient (Wildman–Crippen LogP) is 4.73. The average Bonchev–Trinajstić information content (AvgIpc) is 3.03. The maximum atomic E-state index is 3.74. The van der Waals surface area contributed by atoms with E-state index in [-0.39, 0.29) is 0 Å². The fourth-order valence-corrected chi connectivity index (χ4v) is 3.78. The van der Waals surface area contributed by atoms with Crippen molar-refractivity contribution < 1.29 is 0 Å². The largest absolute Gasteiger partial charge is 0.310 e. The van der Waals surface area contributed by atoms with Gasteiger partial charge in [-0.25, -0.2) is 0 Å². The molecule has 3 aromatic carbocycles. The summed E-state index contributed by atoms with van der Waals surface area (Å²) in [6, 6.07) is 26.8. The molecule has 1 aliphatic rings. The maximum absolute atomic E-state index is 3.74. The van der Waals surface area contributed by atoms with E-state index in [1.807, 2.05) is 0 Å². The Morgan fingerprint density at radius 2 is 1.59 bits per heavy atom. The molecular weight excluding hydrogens is 266 g/mol. The highest BCUT2D eigenvalue weighted by Gasteiger charge is 2.29. The van der Waals surface area contributed by atoms with Gasteiger partial charge >= 0.3 is 0 Å². The molecule has 0 aromatic heterocycles. The highest BCUT2D eigenvalue weighted by molar-refractivity contribution is 5.86. The Hall–Kier alpha value is -2.12. The number of benzene rings is 3. The number of hydrogen-bond donors (Lipinski definition) is 1. The molecule has 0 saturated carbocycles. The third-order valence-corrected chi connectivity index (χ3v) is 4.85. The van der Waals surface area contributed by atoms with E-state index < -0.39 is 0 Å². The van der Waals surface area contributed by atoms with Gasteiger partial charge in [0.15, 0.2) is 0 Å². The molecule has 1 N–H and O–H groups in total. The Labute approximate surface area is 132 Å². The van der Waals surface area contributed by atoms with Gasteiger partial charge in [0.05, 0.1) is 0 Å². The molecule has 1 fully saturated rings. The van der Waals surface area contributed by atoms with Crippen LogP contribution >= 0.6 is 0 Å². The topological polar surface area (TPSA) is 12.0 Å². The zero-order valence-electron chi connectivity index (χ0n) is 12.7. The standard InChI is InChI=1S/C21H21N/c1-2-7-16(8-3-1)15-18-13-14-22-21(18)20-12-6-10-17-9-4-5-11-19(17)20/h1-12,18,21-22H,13-15H2. The van der Waals surface area contributed by atoms with Crippen LogP contribution in [0.3, 0.4) is 0 Å². The van der Waals surface area contributed by atoms with Crippen LogP contribution in [0.2, 0.25) is 0 Å². The van der Waals surface area contributed by atoms with Gasteiger partial charge < -0.3 is 5.32 Å². The summed E-state index contributed by atoms with van der Waals surface area (Å²) in [4.78, 5) is 0. The second-order valence-corrected chi connectivity index (χ2v) is 6.24. The molecule has 1 aliphatic heterocycles. The first-order chi connectivity index (χ1) is 10.9. The van der Waals surface area contributed by atoms with E-state index in [1.165, 1.54) is 28.3 Å². The zero-order chi connectivity index (χ0) is 14.8. The van der Waals surface area contributed by atoms with E-state index >= 15 is 0 Å². The van der Waals surface area contributed by atoms with Gasteiger partial charge in [-0.1, -0.05) is 72.8 Å². The van der Waals surface area contributed by atoms with Gasteiger partial charge in [0.2, 0.25) is 0 Å². The Balaban J connectivity index is 1.68. The van der Waals surface area contributed by atoms with E-state index in [1.54, 1.807) is 0 Å². The fourth-order valence-electron chi connectivity index (χ4n) is 3.78. The van der Waals surface area contributed by atoms with Crippen LogP contribution < -0.4 is 5.32 Å². The molecule has 2 atom stereocenters. The summed E-state index contributed by atoms with van der Waals surface area (Å²) in [5.74, 6) is 0.674. The van der Waals surface area contributed by atoms with E-state index in [0.29, 0.717) is 12.0 Å². The first-order valence-corrected chi connectivity index (χ1v) is 8.17. The van der Waals surface area contributed by atoms with Gasteiger partial charge in [-0.05, 0) is 47.2 Å². The van der Waals surface area contributed by atoms with Gasteiger partial charge in [-0.3, -0.25) is 0 Å². The van der Waals surface area contributed by atoms with Crippen LogP contribution in [0.15, 0.2) is 72.8 Å². The molecule has 1 heterocycles. The highest BCUT2D eigenvalue weighted by Crippen LogP contribution is 2.35. The lowest BCUT2D eigenvalue weighted by atomic mass is 9.86. The quantitative estimate of drug-likeness (QED) is 0.734. The molecular formula is C21H21N. The van der Waals surface area contributed by atoms with Crippen LogP contribution in [0.25, 0.3) is 10.8 Å². The van der Waals surface area contributed by atoms with Crippen LogP contribution in [-0.4, -0.2) is 6.54 Å². The third-order valence-electron chi connectivity index (χ3n) is 4.85. The molecule has 0 amide bonds. The van der Waals surface area contributed by atoms with Crippen molar-refractivity contribution in [2.75, 3.05) is 6.54 Å².